The molecule has 1 rings (SSSR count). The van der Waals surface area contributed by atoms with E-state index in [1.54, 1.807) is 0 Å². The molecule has 1 aromatic heterocycles. The van der Waals surface area contributed by atoms with Crippen molar-refractivity contribution in [1.29, 1.82) is 0 Å². The third kappa shape index (κ3) is 2.51. The van der Waals surface area contributed by atoms with E-state index in [-0.39, 0.29) is 5.41 Å². The van der Waals surface area contributed by atoms with Gasteiger partial charge in [0.1, 0.15) is 5.82 Å². The van der Waals surface area contributed by atoms with Gasteiger partial charge >= 0.3 is 0 Å². The zero-order chi connectivity index (χ0) is 10.1. The quantitative estimate of drug-likeness (QED) is 0.660. The van der Waals surface area contributed by atoms with Gasteiger partial charge in [-0.15, -0.1) is 0 Å². The Labute approximate surface area is 80.4 Å². The van der Waals surface area contributed by atoms with Crippen LogP contribution in [0, 0.1) is 0 Å². The van der Waals surface area contributed by atoms with Crippen LogP contribution in [0.4, 0.5) is 0 Å². The number of hydrogen-bond donors (Lipinski definition) is 0. The van der Waals surface area contributed by atoms with Gasteiger partial charge in [-0.3, -0.25) is 0 Å². The summed E-state index contributed by atoms with van der Waals surface area (Å²) in [5, 5.41) is 0. The van der Waals surface area contributed by atoms with E-state index in [9.17, 15) is 0 Å². The lowest BCUT2D eigenvalue weighted by atomic mass is 9.92. The van der Waals surface area contributed by atoms with E-state index in [1.807, 2.05) is 12.3 Å². The Morgan fingerprint density at radius 2 is 1.85 bits per heavy atom. The summed E-state index contributed by atoms with van der Waals surface area (Å²) in [6, 6.07) is 1.99. The fourth-order valence-corrected chi connectivity index (χ4v) is 1.07. The van der Waals surface area contributed by atoms with Crippen LogP contribution in [0.15, 0.2) is 12.3 Å². The van der Waals surface area contributed by atoms with Crippen molar-refractivity contribution >= 4 is 0 Å². The van der Waals surface area contributed by atoms with Gasteiger partial charge in [0.25, 0.3) is 0 Å². The van der Waals surface area contributed by atoms with E-state index in [2.05, 4.69) is 44.6 Å². The highest BCUT2D eigenvalue weighted by atomic mass is 14.9. The first-order valence-electron chi connectivity index (χ1n) is 4.74. The van der Waals surface area contributed by atoms with Crippen LogP contribution >= 0.6 is 0 Å². The predicted molar refractivity (Wildman–Crippen MR) is 54.8 cm³/mol. The maximum absolute atomic E-state index is 4.53. The molecule has 0 radical (unpaired) electrons. The summed E-state index contributed by atoms with van der Waals surface area (Å²) in [6.07, 6.45) is 1.85. The molecule has 0 atom stereocenters. The summed E-state index contributed by atoms with van der Waals surface area (Å²) in [5.74, 6) is 1.34. The lowest BCUT2D eigenvalue weighted by molar-refractivity contribution is 0.558. The second-order valence-corrected chi connectivity index (χ2v) is 4.70. The molecule has 0 aliphatic carbocycles. The molecule has 0 saturated heterocycles. The molecule has 2 nitrogen and oxygen atoms in total. The molecule has 0 amide bonds. The molecule has 0 unspecified atom stereocenters. The summed E-state index contributed by atoms with van der Waals surface area (Å²) in [6.45, 7) is 10.7. The van der Waals surface area contributed by atoms with E-state index >= 15 is 0 Å². The summed E-state index contributed by atoms with van der Waals surface area (Å²) in [7, 11) is 0. The minimum Gasteiger partial charge on any atom is -0.241 e. The Balaban J connectivity index is 3.06. The standard InChI is InChI=1S/C11H18N2/c1-8(2)10-12-7-6-9(13-10)11(3,4)5/h6-8H,1-5H3. The van der Waals surface area contributed by atoms with Crippen molar-refractivity contribution in [1.82, 2.24) is 9.97 Å². The second-order valence-electron chi connectivity index (χ2n) is 4.70. The van der Waals surface area contributed by atoms with Gasteiger partial charge in [-0.25, -0.2) is 9.97 Å². The van der Waals surface area contributed by atoms with Crippen molar-refractivity contribution in [2.24, 2.45) is 0 Å². The first-order valence-corrected chi connectivity index (χ1v) is 4.74. The summed E-state index contributed by atoms with van der Waals surface area (Å²) >= 11 is 0. The molecule has 2 heteroatoms. The molecule has 0 N–H and O–H groups in total. The molecular formula is C11H18N2. The number of nitrogens with zero attached hydrogens (tertiary/aromatic N) is 2. The molecule has 1 aromatic rings. The molecule has 0 aliphatic rings. The monoisotopic (exact) mass is 178 g/mol. The maximum atomic E-state index is 4.53. The van der Waals surface area contributed by atoms with Gasteiger partial charge in [-0.1, -0.05) is 34.6 Å². The molecule has 0 aromatic carbocycles. The van der Waals surface area contributed by atoms with Crippen LogP contribution in [0.5, 0.6) is 0 Å². The molecule has 0 aliphatic heterocycles. The Hall–Kier alpha value is -0.920. The van der Waals surface area contributed by atoms with E-state index in [4.69, 9.17) is 0 Å². The molecule has 0 bridgehead atoms. The van der Waals surface area contributed by atoms with Gasteiger partial charge in [0.05, 0.1) is 0 Å². The van der Waals surface area contributed by atoms with Crippen LogP contribution in [0.25, 0.3) is 0 Å². The van der Waals surface area contributed by atoms with E-state index in [0.717, 1.165) is 11.5 Å². The van der Waals surface area contributed by atoms with Crippen LogP contribution in [-0.4, -0.2) is 9.97 Å². The van der Waals surface area contributed by atoms with E-state index < -0.39 is 0 Å². The Kier molecular flexibility index (Phi) is 2.69. The lowest BCUT2D eigenvalue weighted by Crippen LogP contribution is -2.15. The van der Waals surface area contributed by atoms with Crippen molar-refractivity contribution in [2.45, 2.75) is 46.0 Å². The molecule has 0 spiro atoms. The highest BCUT2D eigenvalue weighted by Gasteiger charge is 2.16. The molecule has 0 fully saturated rings. The maximum Gasteiger partial charge on any atom is 0.131 e. The minimum atomic E-state index is 0.118. The summed E-state index contributed by atoms with van der Waals surface area (Å²) in [5.41, 5.74) is 1.23. The number of aromatic nitrogens is 2. The Morgan fingerprint density at radius 1 is 1.23 bits per heavy atom. The smallest absolute Gasteiger partial charge is 0.131 e. The van der Waals surface area contributed by atoms with Gasteiger partial charge in [0, 0.05) is 23.2 Å². The van der Waals surface area contributed by atoms with Crippen molar-refractivity contribution < 1.29 is 0 Å². The minimum absolute atomic E-state index is 0.118. The highest BCUT2D eigenvalue weighted by molar-refractivity contribution is 5.13. The van der Waals surface area contributed by atoms with Crippen LogP contribution in [0.2, 0.25) is 0 Å². The number of hydrogen-bond acceptors (Lipinski definition) is 2. The van der Waals surface area contributed by atoms with Crippen molar-refractivity contribution in [3.63, 3.8) is 0 Å². The SMILES string of the molecule is CC(C)c1nccc(C(C)(C)C)n1. The van der Waals surface area contributed by atoms with Crippen molar-refractivity contribution in [2.75, 3.05) is 0 Å². The average Bonchev–Trinajstić information content (AvgIpc) is 2.03. The Bertz CT molecular complexity index is 284. The third-order valence-corrected chi connectivity index (χ3v) is 1.96. The van der Waals surface area contributed by atoms with E-state index in [0.29, 0.717) is 5.92 Å². The zero-order valence-corrected chi connectivity index (χ0v) is 9.13. The molecular weight excluding hydrogens is 160 g/mol. The average molecular weight is 178 g/mol. The summed E-state index contributed by atoms with van der Waals surface area (Å²) in [4.78, 5) is 8.77. The lowest BCUT2D eigenvalue weighted by Gasteiger charge is -2.18. The summed E-state index contributed by atoms with van der Waals surface area (Å²) < 4.78 is 0. The van der Waals surface area contributed by atoms with Crippen LogP contribution in [0.1, 0.15) is 52.1 Å². The van der Waals surface area contributed by atoms with Gasteiger partial charge in [0.2, 0.25) is 0 Å². The normalized spacial score (nSPS) is 12.2. The highest BCUT2D eigenvalue weighted by Crippen LogP contribution is 2.20. The fourth-order valence-electron chi connectivity index (χ4n) is 1.07. The van der Waals surface area contributed by atoms with Crippen molar-refractivity contribution in [3.8, 4) is 0 Å². The first kappa shape index (κ1) is 10.2. The van der Waals surface area contributed by atoms with Crippen molar-refractivity contribution in [3.05, 3.63) is 23.8 Å². The number of rotatable bonds is 1. The Morgan fingerprint density at radius 3 is 2.31 bits per heavy atom. The van der Waals surface area contributed by atoms with Gasteiger partial charge in [-0.2, -0.15) is 0 Å². The largest absolute Gasteiger partial charge is 0.241 e. The molecule has 1 heterocycles. The van der Waals surface area contributed by atoms with E-state index in [1.165, 1.54) is 0 Å². The van der Waals surface area contributed by atoms with Crippen LogP contribution < -0.4 is 0 Å². The second kappa shape index (κ2) is 3.44. The van der Waals surface area contributed by atoms with Crippen LogP contribution in [-0.2, 0) is 5.41 Å². The fraction of sp³-hybridized carbons (Fsp3) is 0.636. The van der Waals surface area contributed by atoms with Gasteiger partial charge in [-0.05, 0) is 6.07 Å². The van der Waals surface area contributed by atoms with Gasteiger partial charge < -0.3 is 0 Å². The van der Waals surface area contributed by atoms with Crippen LogP contribution in [0.3, 0.4) is 0 Å². The third-order valence-electron chi connectivity index (χ3n) is 1.96. The molecule has 72 valence electrons. The van der Waals surface area contributed by atoms with Gasteiger partial charge in [0.15, 0.2) is 0 Å². The molecule has 0 saturated carbocycles. The first-order chi connectivity index (χ1) is 5.91. The topological polar surface area (TPSA) is 25.8 Å². The predicted octanol–water partition coefficient (Wildman–Crippen LogP) is 2.90. The molecule has 13 heavy (non-hydrogen) atoms. The zero-order valence-electron chi connectivity index (χ0n) is 9.13.